The van der Waals surface area contributed by atoms with Crippen LogP contribution in [0.3, 0.4) is 0 Å². The van der Waals surface area contributed by atoms with Gasteiger partial charge in [0.1, 0.15) is 0 Å². The van der Waals surface area contributed by atoms with Crippen LogP contribution in [-0.2, 0) is 4.79 Å². The van der Waals surface area contributed by atoms with E-state index in [0.29, 0.717) is 18.2 Å². The van der Waals surface area contributed by atoms with Crippen molar-refractivity contribution in [1.82, 2.24) is 5.32 Å². The fourth-order valence-corrected chi connectivity index (χ4v) is 2.47. The van der Waals surface area contributed by atoms with Gasteiger partial charge < -0.3 is 10.2 Å². The molecule has 22 heavy (non-hydrogen) atoms. The Morgan fingerprint density at radius 2 is 2.18 bits per heavy atom. The topological polar surface area (TPSA) is 32.3 Å². The number of allylic oxidation sites excluding steroid dienone is 3. The predicted octanol–water partition coefficient (Wildman–Crippen LogP) is 3.04. The van der Waals surface area contributed by atoms with Gasteiger partial charge in [0.05, 0.1) is 0 Å². The Bertz CT molecular complexity index is 584. The minimum Gasteiger partial charge on any atom is -0.371 e. The van der Waals surface area contributed by atoms with E-state index in [2.05, 4.69) is 5.32 Å². The van der Waals surface area contributed by atoms with E-state index in [-0.39, 0.29) is 5.91 Å². The first-order valence-corrected chi connectivity index (χ1v) is 7.37. The highest BCUT2D eigenvalue weighted by Crippen LogP contribution is 2.24. The van der Waals surface area contributed by atoms with Gasteiger partial charge in [-0.15, -0.1) is 0 Å². The fraction of sp³-hybridized carbons (Fsp3) is 0.353. The number of hydrogen-bond donors (Lipinski definition) is 1. The molecule has 5 heteroatoms. The Hall–Kier alpha value is -2.17. The summed E-state index contributed by atoms with van der Waals surface area (Å²) in [5.41, 5.74) is 0.681. The molecule has 1 fully saturated rings. The molecule has 2 rings (SSSR count). The van der Waals surface area contributed by atoms with Gasteiger partial charge in [0, 0.05) is 37.5 Å². The zero-order valence-corrected chi connectivity index (χ0v) is 12.6. The quantitative estimate of drug-likeness (QED) is 0.670. The first-order valence-electron chi connectivity index (χ1n) is 7.37. The lowest BCUT2D eigenvalue weighted by Crippen LogP contribution is -2.29. The minimum atomic E-state index is -0.834. The largest absolute Gasteiger partial charge is 0.371 e. The standard InChI is InChI=1S/C17H20F2N2O/c1-2-3-4-5-17(22)20-11-13-8-9-21(12-13)14-6-7-15(18)16(19)10-14/h2-7,10,13H,8-9,11-12H2,1H3,(H,20,22)/b3-2+,5-4-/t13-/m1/s1. The molecule has 0 radical (unpaired) electrons. The molecule has 1 N–H and O–H groups in total. The average molecular weight is 306 g/mol. The molecule has 0 aromatic heterocycles. The first kappa shape index (κ1) is 16.2. The lowest BCUT2D eigenvalue weighted by atomic mass is 10.1. The zero-order valence-electron chi connectivity index (χ0n) is 12.6. The highest BCUT2D eigenvalue weighted by molar-refractivity contribution is 5.87. The molecular formula is C17H20F2N2O. The number of nitrogens with one attached hydrogen (secondary N) is 1. The van der Waals surface area contributed by atoms with E-state index >= 15 is 0 Å². The van der Waals surface area contributed by atoms with Gasteiger partial charge in [-0.25, -0.2) is 8.78 Å². The second kappa shape index (κ2) is 7.73. The van der Waals surface area contributed by atoms with E-state index in [1.54, 1.807) is 18.2 Å². The van der Waals surface area contributed by atoms with Gasteiger partial charge in [0.2, 0.25) is 5.91 Å². The predicted molar refractivity (Wildman–Crippen MR) is 83.6 cm³/mol. The fourth-order valence-electron chi connectivity index (χ4n) is 2.47. The lowest BCUT2D eigenvalue weighted by Gasteiger charge is -2.19. The van der Waals surface area contributed by atoms with Crippen LogP contribution < -0.4 is 10.2 Å². The van der Waals surface area contributed by atoms with Crippen LogP contribution in [0.5, 0.6) is 0 Å². The maximum atomic E-state index is 13.3. The first-order chi connectivity index (χ1) is 10.6. The molecule has 1 saturated heterocycles. The van der Waals surface area contributed by atoms with Gasteiger partial charge in [-0.3, -0.25) is 4.79 Å². The summed E-state index contributed by atoms with van der Waals surface area (Å²) < 4.78 is 26.2. The molecule has 0 bridgehead atoms. The van der Waals surface area contributed by atoms with Crippen LogP contribution in [0, 0.1) is 17.6 Å². The van der Waals surface area contributed by atoms with Crippen molar-refractivity contribution in [2.24, 2.45) is 5.92 Å². The molecule has 1 aliphatic heterocycles. The van der Waals surface area contributed by atoms with Gasteiger partial charge in [-0.2, -0.15) is 0 Å². The van der Waals surface area contributed by atoms with Gasteiger partial charge in [0.15, 0.2) is 11.6 Å². The minimum absolute atomic E-state index is 0.121. The van der Waals surface area contributed by atoms with Crippen LogP contribution in [0.1, 0.15) is 13.3 Å². The van der Waals surface area contributed by atoms with Crippen LogP contribution >= 0.6 is 0 Å². The van der Waals surface area contributed by atoms with E-state index in [4.69, 9.17) is 0 Å². The number of anilines is 1. The third-order valence-corrected chi connectivity index (χ3v) is 3.67. The van der Waals surface area contributed by atoms with E-state index in [9.17, 15) is 13.6 Å². The summed E-state index contributed by atoms with van der Waals surface area (Å²) in [7, 11) is 0. The molecule has 0 saturated carbocycles. The summed E-state index contributed by atoms with van der Waals surface area (Å²) in [5.74, 6) is -1.47. The Balaban J connectivity index is 1.82. The van der Waals surface area contributed by atoms with Crippen LogP contribution in [0.4, 0.5) is 14.5 Å². The summed E-state index contributed by atoms with van der Waals surface area (Å²) in [6.07, 6.45) is 7.73. The third kappa shape index (κ3) is 4.41. The zero-order chi connectivity index (χ0) is 15.9. The molecular weight excluding hydrogens is 286 g/mol. The van der Waals surface area contributed by atoms with Crippen molar-refractivity contribution in [3.63, 3.8) is 0 Å². The monoisotopic (exact) mass is 306 g/mol. The van der Waals surface area contributed by atoms with Crippen LogP contribution in [0.15, 0.2) is 42.5 Å². The molecule has 1 aliphatic rings. The summed E-state index contributed by atoms with van der Waals surface area (Å²) in [4.78, 5) is 13.6. The number of carbonyl (C=O) groups is 1. The number of rotatable bonds is 5. The summed E-state index contributed by atoms with van der Waals surface area (Å²) in [6, 6.07) is 3.95. The molecule has 3 nitrogen and oxygen atoms in total. The molecule has 1 aromatic carbocycles. The maximum Gasteiger partial charge on any atom is 0.243 e. The summed E-state index contributed by atoms with van der Waals surface area (Å²) in [5, 5.41) is 2.86. The average Bonchev–Trinajstić information content (AvgIpc) is 2.97. The van der Waals surface area contributed by atoms with Gasteiger partial charge in [-0.05, 0) is 31.4 Å². The summed E-state index contributed by atoms with van der Waals surface area (Å²) in [6.45, 7) is 3.97. The molecule has 1 aromatic rings. The van der Waals surface area contributed by atoms with Crippen molar-refractivity contribution >= 4 is 11.6 Å². The number of hydrogen-bond acceptors (Lipinski definition) is 2. The third-order valence-electron chi connectivity index (χ3n) is 3.67. The number of nitrogens with zero attached hydrogens (tertiary/aromatic N) is 1. The molecule has 118 valence electrons. The second-order valence-electron chi connectivity index (χ2n) is 5.33. The maximum absolute atomic E-state index is 13.3. The van der Waals surface area contributed by atoms with Crippen molar-refractivity contribution < 1.29 is 13.6 Å². The molecule has 1 amide bonds. The van der Waals surface area contributed by atoms with Gasteiger partial charge in [0.25, 0.3) is 0 Å². The van der Waals surface area contributed by atoms with Gasteiger partial charge in [-0.1, -0.05) is 18.2 Å². The number of amides is 1. The molecule has 1 atom stereocenters. The van der Waals surface area contributed by atoms with E-state index in [1.807, 2.05) is 17.9 Å². The highest BCUT2D eigenvalue weighted by atomic mass is 19.2. The SMILES string of the molecule is C/C=C/C=C\C(=O)NC[C@H]1CCN(c2ccc(F)c(F)c2)C1. The van der Waals surface area contributed by atoms with Crippen molar-refractivity contribution in [2.75, 3.05) is 24.5 Å². The van der Waals surface area contributed by atoms with Crippen molar-refractivity contribution in [3.05, 3.63) is 54.1 Å². The molecule has 0 unspecified atom stereocenters. The van der Waals surface area contributed by atoms with Crippen LogP contribution in [0.25, 0.3) is 0 Å². The highest BCUT2D eigenvalue weighted by Gasteiger charge is 2.23. The molecule has 1 heterocycles. The Kier molecular flexibility index (Phi) is 5.69. The number of halogens is 2. The smallest absolute Gasteiger partial charge is 0.243 e. The Morgan fingerprint density at radius 3 is 2.91 bits per heavy atom. The van der Waals surface area contributed by atoms with Crippen molar-refractivity contribution in [1.29, 1.82) is 0 Å². The van der Waals surface area contributed by atoms with Crippen molar-refractivity contribution in [3.8, 4) is 0 Å². The number of carbonyl (C=O) groups excluding carboxylic acids is 1. The Morgan fingerprint density at radius 1 is 1.36 bits per heavy atom. The Labute approximate surface area is 129 Å². The number of benzene rings is 1. The van der Waals surface area contributed by atoms with E-state index in [1.165, 1.54) is 12.1 Å². The van der Waals surface area contributed by atoms with Crippen LogP contribution in [-0.4, -0.2) is 25.5 Å². The summed E-state index contributed by atoms with van der Waals surface area (Å²) >= 11 is 0. The van der Waals surface area contributed by atoms with E-state index in [0.717, 1.165) is 25.6 Å². The van der Waals surface area contributed by atoms with Crippen molar-refractivity contribution in [2.45, 2.75) is 13.3 Å². The lowest BCUT2D eigenvalue weighted by molar-refractivity contribution is -0.116. The molecule has 0 spiro atoms. The normalized spacial score (nSPS) is 18.5. The second-order valence-corrected chi connectivity index (χ2v) is 5.33. The van der Waals surface area contributed by atoms with E-state index < -0.39 is 11.6 Å². The molecule has 0 aliphatic carbocycles. The van der Waals surface area contributed by atoms with Crippen LogP contribution in [0.2, 0.25) is 0 Å². The van der Waals surface area contributed by atoms with Gasteiger partial charge >= 0.3 is 0 Å².